The molecule has 2 nitrogen and oxygen atoms in total. The van der Waals surface area contributed by atoms with Crippen LogP contribution in [-0.4, -0.2) is 12.5 Å². The third-order valence-electron chi connectivity index (χ3n) is 2.17. The monoisotopic (exact) mass is 221 g/mol. The highest BCUT2D eigenvalue weighted by atomic mass is 16.2. The van der Waals surface area contributed by atoms with E-state index in [2.05, 4.69) is 6.92 Å². The fourth-order valence-corrected chi connectivity index (χ4v) is 1.42. The number of anilines is 1. The van der Waals surface area contributed by atoms with Crippen LogP contribution in [-0.2, 0) is 4.79 Å². The Morgan fingerprint density at radius 2 is 1.69 bits per heavy atom. The van der Waals surface area contributed by atoms with Crippen LogP contribution < -0.4 is 4.90 Å². The molecule has 0 N–H and O–H groups in total. The van der Waals surface area contributed by atoms with Crippen molar-refractivity contribution in [1.82, 2.24) is 0 Å². The van der Waals surface area contributed by atoms with Gasteiger partial charge in [-0.25, -0.2) is 0 Å². The molecule has 0 aliphatic heterocycles. The van der Waals surface area contributed by atoms with Gasteiger partial charge in [-0.05, 0) is 25.5 Å². The largest absolute Gasteiger partial charge is 0.313 e. The SMILES string of the molecule is CC.CCCN(C(C)=O)c1ccc(C)cc1. The molecule has 1 amide bonds. The average molecular weight is 221 g/mol. The molecule has 1 aromatic carbocycles. The van der Waals surface area contributed by atoms with Gasteiger partial charge in [-0.15, -0.1) is 0 Å². The number of hydrogen-bond donors (Lipinski definition) is 0. The maximum absolute atomic E-state index is 11.3. The lowest BCUT2D eigenvalue weighted by molar-refractivity contribution is -0.116. The number of nitrogens with zero attached hydrogens (tertiary/aromatic N) is 1. The van der Waals surface area contributed by atoms with Gasteiger partial charge in [0.2, 0.25) is 5.91 Å². The molecule has 0 aliphatic carbocycles. The van der Waals surface area contributed by atoms with Gasteiger partial charge in [-0.3, -0.25) is 4.79 Å². The van der Waals surface area contributed by atoms with Crippen molar-refractivity contribution in [3.63, 3.8) is 0 Å². The van der Waals surface area contributed by atoms with Gasteiger partial charge in [0.05, 0.1) is 0 Å². The lowest BCUT2D eigenvalue weighted by atomic mass is 10.2. The maximum atomic E-state index is 11.3. The molecule has 0 heterocycles. The Bertz CT molecular complexity index is 303. The number of benzene rings is 1. The van der Waals surface area contributed by atoms with Crippen molar-refractivity contribution < 1.29 is 4.79 Å². The lowest BCUT2D eigenvalue weighted by Gasteiger charge is -2.20. The number of carbonyl (C=O) groups is 1. The van der Waals surface area contributed by atoms with Gasteiger partial charge in [0.15, 0.2) is 0 Å². The molecule has 90 valence electrons. The Balaban J connectivity index is 0.00000106. The minimum atomic E-state index is 0.107. The molecule has 0 atom stereocenters. The first-order valence-corrected chi connectivity index (χ1v) is 6.00. The van der Waals surface area contributed by atoms with Crippen LogP contribution in [0.4, 0.5) is 5.69 Å². The van der Waals surface area contributed by atoms with Crippen LogP contribution in [0.3, 0.4) is 0 Å². The minimum Gasteiger partial charge on any atom is -0.313 e. The molecule has 0 radical (unpaired) electrons. The normalized spacial score (nSPS) is 9.06. The van der Waals surface area contributed by atoms with Gasteiger partial charge < -0.3 is 4.90 Å². The third-order valence-corrected chi connectivity index (χ3v) is 2.17. The highest BCUT2D eigenvalue weighted by Gasteiger charge is 2.08. The highest BCUT2D eigenvalue weighted by molar-refractivity contribution is 5.91. The van der Waals surface area contributed by atoms with Gasteiger partial charge in [-0.2, -0.15) is 0 Å². The van der Waals surface area contributed by atoms with Crippen LogP contribution in [0.5, 0.6) is 0 Å². The van der Waals surface area contributed by atoms with E-state index in [0.29, 0.717) is 0 Å². The summed E-state index contributed by atoms with van der Waals surface area (Å²) in [7, 11) is 0. The molecule has 16 heavy (non-hydrogen) atoms. The molecule has 0 unspecified atom stereocenters. The lowest BCUT2D eigenvalue weighted by Crippen LogP contribution is -2.28. The number of amides is 1. The fourth-order valence-electron chi connectivity index (χ4n) is 1.42. The van der Waals surface area contributed by atoms with E-state index in [9.17, 15) is 4.79 Å². The minimum absolute atomic E-state index is 0.107. The Labute approximate surface area is 99.3 Å². The van der Waals surface area contributed by atoms with E-state index in [1.165, 1.54) is 5.56 Å². The molecule has 1 rings (SSSR count). The van der Waals surface area contributed by atoms with E-state index in [1.54, 1.807) is 11.8 Å². The predicted octanol–water partition coefficient (Wildman–Crippen LogP) is 3.78. The topological polar surface area (TPSA) is 20.3 Å². The van der Waals surface area contributed by atoms with E-state index in [4.69, 9.17) is 0 Å². The second-order valence-corrected chi connectivity index (χ2v) is 3.51. The summed E-state index contributed by atoms with van der Waals surface area (Å²) >= 11 is 0. The second kappa shape index (κ2) is 7.91. The first-order chi connectivity index (χ1) is 7.65. The highest BCUT2D eigenvalue weighted by Crippen LogP contribution is 2.15. The molecule has 2 heteroatoms. The molecule has 1 aromatic rings. The molecule has 0 saturated heterocycles. The molecule has 0 bridgehead atoms. The number of carbonyl (C=O) groups excluding carboxylic acids is 1. The van der Waals surface area contributed by atoms with Gasteiger partial charge in [-0.1, -0.05) is 38.5 Å². The van der Waals surface area contributed by atoms with Crippen molar-refractivity contribution in [1.29, 1.82) is 0 Å². The zero-order chi connectivity index (χ0) is 12.6. The molecular formula is C14H23NO. The van der Waals surface area contributed by atoms with E-state index in [1.807, 2.05) is 45.0 Å². The zero-order valence-electron chi connectivity index (χ0n) is 11.1. The average Bonchev–Trinajstić information content (AvgIpc) is 2.30. The number of hydrogen-bond acceptors (Lipinski definition) is 1. The van der Waals surface area contributed by atoms with Gasteiger partial charge in [0.1, 0.15) is 0 Å². The van der Waals surface area contributed by atoms with E-state index in [0.717, 1.165) is 18.7 Å². The van der Waals surface area contributed by atoms with Crippen molar-refractivity contribution in [2.45, 2.75) is 41.0 Å². The predicted molar refractivity (Wildman–Crippen MR) is 70.8 cm³/mol. The van der Waals surface area contributed by atoms with E-state index < -0.39 is 0 Å². The van der Waals surface area contributed by atoms with Gasteiger partial charge in [0.25, 0.3) is 0 Å². The van der Waals surface area contributed by atoms with Crippen LogP contribution in [0.1, 0.15) is 39.7 Å². The van der Waals surface area contributed by atoms with Crippen molar-refractivity contribution in [2.75, 3.05) is 11.4 Å². The molecular weight excluding hydrogens is 198 g/mol. The Morgan fingerprint density at radius 3 is 2.06 bits per heavy atom. The Kier molecular flexibility index (Phi) is 7.27. The van der Waals surface area contributed by atoms with Crippen LogP contribution in [0, 0.1) is 6.92 Å². The zero-order valence-corrected chi connectivity index (χ0v) is 11.1. The molecule has 0 spiro atoms. The van der Waals surface area contributed by atoms with Crippen LogP contribution in [0.2, 0.25) is 0 Å². The van der Waals surface area contributed by atoms with Crippen molar-refractivity contribution in [3.8, 4) is 0 Å². The molecule has 0 aliphatic rings. The first kappa shape index (κ1) is 14.7. The van der Waals surface area contributed by atoms with Crippen LogP contribution >= 0.6 is 0 Å². The van der Waals surface area contributed by atoms with Crippen molar-refractivity contribution in [3.05, 3.63) is 29.8 Å². The summed E-state index contributed by atoms with van der Waals surface area (Å²) in [5.74, 6) is 0.107. The number of aryl methyl sites for hydroxylation is 1. The molecule has 0 aromatic heterocycles. The van der Waals surface area contributed by atoms with Gasteiger partial charge in [0, 0.05) is 19.2 Å². The quantitative estimate of drug-likeness (QED) is 0.760. The Morgan fingerprint density at radius 1 is 1.19 bits per heavy atom. The van der Waals surface area contributed by atoms with E-state index >= 15 is 0 Å². The second-order valence-electron chi connectivity index (χ2n) is 3.51. The summed E-state index contributed by atoms with van der Waals surface area (Å²) in [4.78, 5) is 13.2. The van der Waals surface area contributed by atoms with Crippen LogP contribution in [0.15, 0.2) is 24.3 Å². The fraction of sp³-hybridized carbons (Fsp3) is 0.500. The number of rotatable bonds is 3. The molecule has 0 fully saturated rings. The summed E-state index contributed by atoms with van der Waals surface area (Å²) in [6.07, 6.45) is 0.980. The Hall–Kier alpha value is -1.31. The first-order valence-electron chi connectivity index (χ1n) is 6.00. The summed E-state index contributed by atoms with van der Waals surface area (Å²) in [5, 5.41) is 0. The maximum Gasteiger partial charge on any atom is 0.223 e. The standard InChI is InChI=1S/C12H17NO.C2H6/c1-4-9-13(11(3)14)12-7-5-10(2)6-8-12;1-2/h5-8H,4,9H2,1-3H3;1-2H3. The van der Waals surface area contributed by atoms with Crippen molar-refractivity contribution in [2.24, 2.45) is 0 Å². The summed E-state index contributed by atoms with van der Waals surface area (Å²) in [5.41, 5.74) is 2.21. The van der Waals surface area contributed by atoms with Crippen LogP contribution in [0.25, 0.3) is 0 Å². The van der Waals surface area contributed by atoms with Gasteiger partial charge >= 0.3 is 0 Å². The summed E-state index contributed by atoms with van der Waals surface area (Å²) in [6, 6.07) is 8.04. The summed E-state index contributed by atoms with van der Waals surface area (Å²) < 4.78 is 0. The third kappa shape index (κ3) is 4.47. The molecule has 0 saturated carbocycles. The van der Waals surface area contributed by atoms with E-state index in [-0.39, 0.29) is 5.91 Å². The summed E-state index contributed by atoms with van der Waals surface area (Å²) in [6.45, 7) is 10.5. The smallest absolute Gasteiger partial charge is 0.223 e. The van der Waals surface area contributed by atoms with Crippen molar-refractivity contribution >= 4 is 11.6 Å².